The molecule has 0 unspecified atom stereocenters. The van der Waals surface area contributed by atoms with Crippen molar-refractivity contribution in [2.75, 3.05) is 6.54 Å². The molecule has 124 valence electrons. The SMILES string of the molecule is CC(C)(C)OC(=O)NCCC#Cc1ccc(Cl)c(CC(=O)O)c1. The lowest BCUT2D eigenvalue weighted by atomic mass is 10.1. The number of ether oxygens (including phenoxy) is 1. The molecule has 0 bridgehead atoms. The van der Waals surface area contributed by atoms with Crippen LogP contribution in [0.25, 0.3) is 0 Å². The summed E-state index contributed by atoms with van der Waals surface area (Å²) in [5, 5.41) is 11.8. The van der Waals surface area contributed by atoms with Gasteiger partial charge in [-0.2, -0.15) is 0 Å². The van der Waals surface area contributed by atoms with Crippen LogP contribution < -0.4 is 5.32 Å². The van der Waals surface area contributed by atoms with Crippen LogP contribution in [0.5, 0.6) is 0 Å². The predicted octanol–water partition coefficient (Wildman–Crippen LogP) is 3.23. The first-order chi connectivity index (χ1) is 10.7. The summed E-state index contributed by atoms with van der Waals surface area (Å²) in [5.74, 6) is 4.88. The van der Waals surface area contributed by atoms with Crippen LogP contribution in [-0.4, -0.2) is 29.3 Å². The Morgan fingerprint density at radius 1 is 1.35 bits per heavy atom. The van der Waals surface area contributed by atoms with E-state index in [4.69, 9.17) is 21.4 Å². The lowest BCUT2D eigenvalue weighted by Gasteiger charge is -2.19. The molecule has 0 spiro atoms. The first-order valence-electron chi connectivity index (χ1n) is 7.13. The van der Waals surface area contributed by atoms with Gasteiger partial charge in [0.2, 0.25) is 0 Å². The van der Waals surface area contributed by atoms with Gasteiger partial charge in [-0.05, 0) is 44.5 Å². The summed E-state index contributed by atoms with van der Waals surface area (Å²) in [4.78, 5) is 22.2. The molecule has 0 fully saturated rings. The Balaban J connectivity index is 2.51. The van der Waals surface area contributed by atoms with Gasteiger partial charge in [0.1, 0.15) is 5.60 Å². The maximum absolute atomic E-state index is 11.4. The second kappa shape index (κ2) is 8.44. The van der Waals surface area contributed by atoms with E-state index < -0.39 is 17.7 Å². The van der Waals surface area contributed by atoms with Crippen molar-refractivity contribution in [1.82, 2.24) is 5.32 Å². The summed E-state index contributed by atoms with van der Waals surface area (Å²) in [6.45, 7) is 5.75. The van der Waals surface area contributed by atoms with Crippen molar-refractivity contribution in [3.63, 3.8) is 0 Å². The molecule has 1 amide bonds. The van der Waals surface area contributed by atoms with Crippen molar-refractivity contribution in [3.05, 3.63) is 34.3 Å². The van der Waals surface area contributed by atoms with Crippen molar-refractivity contribution in [2.45, 2.75) is 39.2 Å². The summed E-state index contributed by atoms with van der Waals surface area (Å²) in [6.07, 6.45) is -0.167. The number of nitrogens with one attached hydrogen (secondary N) is 1. The van der Waals surface area contributed by atoms with Gasteiger partial charge in [-0.1, -0.05) is 23.4 Å². The fraction of sp³-hybridized carbons (Fsp3) is 0.412. The maximum atomic E-state index is 11.4. The van der Waals surface area contributed by atoms with Crippen molar-refractivity contribution in [3.8, 4) is 11.8 Å². The molecule has 0 aliphatic heterocycles. The molecule has 0 saturated heterocycles. The molecule has 2 N–H and O–H groups in total. The number of carboxylic acids is 1. The van der Waals surface area contributed by atoms with E-state index in [2.05, 4.69) is 17.2 Å². The van der Waals surface area contributed by atoms with Gasteiger partial charge in [0.15, 0.2) is 0 Å². The van der Waals surface area contributed by atoms with Gasteiger partial charge in [0.25, 0.3) is 0 Å². The quantitative estimate of drug-likeness (QED) is 0.653. The molecule has 1 aromatic rings. The highest BCUT2D eigenvalue weighted by atomic mass is 35.5. The number of benzene rings is 1. The monoisotopic (exact) mass is 337 g/mol. The van der Waals surface area contributed by atoms with Crippen LogP contribution in [0.3, 0.4) is 0 Å². The molecule has 0 radical (unpaired) electrons. The molecule has 1 rings (SSSR count). The third kappa shape index (κ3) is 8.12. The first-order valence-corrected chi connectivity index (χ1v) is 7.51. The van der Waals surface area contributed by atoms with E-state index in [0.717, 1.165) is 0 Å². The Morgan fingerprint density at radius 3 is 2.65 bits per heavy atom. The molecule has 23 heavy (non-hydrogen) atoms. The molecule has 0 aliphatic rings. The lowest BCUT2D eigenvalue weighted by Crippen LogP contribution is -2.32. The summed E-state index contributed by atoms with van der Waals surface area (Å²) < 4.78 is 5.10. The number of rotatable bonds is 4. The van der Waals surface area contributed by atoms with Gasteiger partial charge >= 0.3 is 12.1 Å². The number of amides is 1. The van der Waals surface area contributed by atoms with E-state index in [1.54, 1.807) is 39.0 Å². The molecule has 0 heterocycles. The smallest absolute Gasteiger partial charge is 0.407 e. The van der Waals surface area contributed by atoms with E-state index in [1.165, 1.54) is 0 Å². The molecule has 0 aromatic heterocycles. The van der Waals surface area contributed by atoms with E-state index in [1.807, 2.05) is 0 Å². The highest BCUT2D eigenvalue weighted by molar-refractivity contribution is 6.31. The zero-order chi connectivity index (χ0) is 17.5. The minimum Gasteiger partial charge on any atom is -0.481 e. The minimum absolute atomic E-state index is 0.144. The molecule has 0 atom stereocenters. The number of alkyl carbamates (subject to hydrolysis) is 1. The average molecular weight is 338 g/mol. The molecule has 1 aromatic carbocycles. The summed E-state index contributed by atoms with van der Waals surface area (Å²) in [7, 11) is 0. The number of aliphatic carboxylic acids is 1. The molecule has 6 heteroatoms. The first kappa shape index (κ1) is 18.9. The summed E-state index contributed by atoms with van der Waals surface area (Å²) >= 11 is 5.94. The highest BCUT2D eigenvalue weighted by Gasteiger charge is 2.15. The number of halogens is 1. The van der Waals surface area contributed by atoms with Crippen LogP contribution >= 0.6 is 11.6 Å². The standard InChI is InChI=1S/C17H20ClNO4/c1-17(2,3)23-16(22)19-9-5-4-6-12-7-8-14(18)13(10-12)11-15(20)21/h7-8,10H,5,9,11H2,1-3H3,(H,19,22)(H,20,21). The number of hydrogen-bond acceptors (Lipinski definition) is 3. The molecular weight excluding hydrogens is 318 g/mol. The predicted molar refractivity (Wildman–Crippen MR) is 88.5 cm³/mol. The van der Waals surface area contributed by atoms with E-state index >= 15 is 0 Å². The number of hydrogen-bond donors (Lipinski definition) is 2. The van der Waals surface area contributed by atoms with Gasteiger partial charge in [-0.25, -0.2) is 4.79 Å². The van der Waals surface area contributed by atoms with E-state index in [0.29, 0.717) is 29.1 Å². The van der Waals surface area contributed by atoms with Crippen LogP contribution in [0, 0.1) is 11.8 Å². The third-order valence-electron chi connectivity index (χ3n) is 2.54. The summed E-state index contributed by atoms with van der Waals surface area (Å²) in [6, 6.07) is 5.01. The third-order valence-corrected chi connectivity index (χ3v) is 2.91. The van der Waals surface area contributed by atoms with Gasteiger partial charge in [-0.15, -0.1) is 0 Å². The number of carbonyl (C=O) groups is 2. The zero-order valence-corrected chi connectivity index (χ0v) is 14.2. The van der Waals surface area contributed by atoms with Crippen LogP contribution in [0.1, 0.15) is 38.3 Å². The molecule has 0 saturated carbocycles. The molecular formula is C17H20ClNO4. The Kier molecular flexibility index (Phi) is 6.92. The average Bonchev–Trinajstić information content (AvgIpc) is 2.39. The Morgan fingerprint density at radius 2 is 2.04 bits per heavy atom. The van der Waals surface area contributed by atoms with Crippen LogP contribution in [0.4, 0.5) is 4.79 Å². The van der Waals surface area contributed by atoms with Gasteiger partial charge in [0, 0.05) is 23.6 Å². The van der Waals surface area contributed by atoms with Crippen molar-refractivity contribution in [1.29, 1.82) is 0 Å². The second-order valence-corrected chi connectivity index (χ2v) is 6.26. The fourth-order valence-corrected chi connectivity index (χ4v) is 1.84. The number of carbonyl (C=O) groups excluding carboxylic acids is 1. The Bertz CT molecular complexity index is 638. The van der Waals surface area contributed by atoms with E-state index in [9.17, 15) is 9.59 Å². The summed E-state index contributed by atoms with van der Waals surface area (Å²) in [5.41, 5.74) is 0.681. The van der Waals surface area contributed by atoms with Crippen molar-refractivity contribution >= 4 is 23.7 Å². The Labute approximate surface area is 141 Å². The fourth-order valence-electron chi connectivity index (χ4n) is 1.66. The largest absolute Gasteiger partial charge is 0.481 e. The van der Waals surface area contributed by atoms with Gasteiger partial charge in [0.05, 0.1) is 6.42 Å². The van der Waals surface area contributed by atoms with Crippen LogP contribution in [-0.2, 0) is 16.0 Å². The minimum atomic E-state index is -0.946. The van der Waals surface area contributed by atoms with E-state index in [-0.39, 0.29) is 6.42 Å². The molecule has 5 nitrogen and oxygen atoms in total. The van der Waals surface area contributed by atoms with Crippen LogP contribution in [0.2, 0.25) is 5.02 Å². The zero-order valence-electron chi connectivity index (χ0n) is 13.4. The Hall–Kier alpha value is -2.19. The number of carboxylic acid groups (broad SMARTS) is 1. The van der Waals surface area contributed by atoms with Gasteiger partial charge < -0.3 is 15.2 Å². The highest BCUT2D eigenvalue weighted by Crippen LogP contribution is 2.18. The molecule has 0 aliphatic carbocycles. The van der Waals surface area contributed by atoms with Gasteiger partial charge in [-0.3, -0.25) is 4.79 Å². The lowest BCUT2D eigenvalue weighted by molar-refractivity contribution is -0.136. The normalized spacial score (nSPS) is 10.4. The topological polar surface area (TPSA) is 75.6 Å². The van der Waals surface area contributed by atoms with Crippen molar-refractivity contribution in [2.24, 2.45) is 0 Å². The van der Waals surface area contributed by atoms with Crippen molar-refractivity contribution < 1.29 is 19.4 Å². The van der Waals surface area contributed by atoms with Crippen LogP contribution in [0.15, 0.2) is 18.2 Å². The maximum Gasteiger partial charge on any atom is 0.407 e. The second-order valence-electron chi connectivity index (χ2n) is 5.86.